The highest BCUT2D eigenvalue weighted by molar-refractivity contribution is 5.76. The molecule has 2 N–H and O–H groups in total. The molecule has 0 aromatic carbocycles. The van der Waals surface area contributed by atoms with Gasteiger partial charge in [0.15, 0.2) is 0 Å². The topological polar surface area (TPSA) is 69.6 Å². The highest BCUT2D eigenvalue weighted by Gasteiger charge is 2.24. The fraction of sp³-hybridized carbons (Fsp3) is 0.692. The maximum atomic E-state index is 11.9. The second kappa shape index (κ2) is 7.74. The van der Waals surface area contributed by atoms with Crippen molar-refractivity contribution in [1.29, 1.82) is 0 Å². The Morgan fingerprint density at radius 1 is 1.44 bits per heavy atom. The van der Waals surface area contributed by atoms with Crippen molar-refractivity contribution in [3.8, 4) is 0 Å². The van der Waals surface area contributed by atoms with Gasteiger partial charge in [0.1, 0.15) is 0 Å². The van der Waals surface area contributed by atoms with Gasteiger partial charge in [0.25, 0.3) is 0 Å². The normalized spacial score (nSPS) is 10.8. The number of nitrogens with one attached hydrogen (secondary N) is 1. The Morgan fingerprint density at radius 3 is 2.56 bits per heavy atom. The third kappa shape index (κ3) is 7.70. The summed E-state index contributed by atoms with van der Waals surface area (Å²) in [6.45, 7) is 8.36. The molecule has 0 unspecified atom stereocenters. The number of unbranched alkanes of at least 4 members (excludes halogenated alkanes) is 1. The van der Waals surface area contributed by atoms with Gasteiger partial charge in [-0.05, 0) is 18.3 Å². The van der Waals surface area contributed by atoms with Gasteiger partial charge in [-0.25, -0.2) is 4.79 Å². The van der Waals surface area contributed by atoms with Crippen molar-refractivity contribution in [1.82, 2.24) is 10.2 Å². The molecule has 0 radical (unpaired) electrons. The average molecular weight is 256 g/mol. The van der Waals surface area contributed by atoms with Crippen LogP contribution in [0, 0.1) is 5.41 Å². The fourth-order valence-electron chi connectivity index (χ4n) is 1.52. The van der Waals surface area contributed by atoms with Crippen molar-refractivity contribution >= 4 is 12.0 Å². The molecule has 0 spiro atoms. The van der Waals surface area contributed by atoms with E-state index in [1.807, 2.05) is 19.9 Å². The van der Waals surface area contributed by atoms with Gasteiger partial charge in [-0.15, -0.1) is 6.58 Å². The Labute approximate surface area is 109 Å². The summed E-state index contributed by atoms with van der Waals surface area (Å²) in [5, 5.41) is 10.9. The van der Waals surface area contributed by atoms with E-state index in [-0.39, 0.29) is 17.9 Å². The lowest BCUT2D eigenvalue weighted by atomic mass is 9.88. The third-order valence-electron chi connectivity index (χ3n) is 2.68. The van der Waals surface area contributed by atoms with Gasteiger partial charge in [0.05, 0.1) is 0 Å². The largest absolute Gasteiger partial charge is 0.465 e. The molecular weight excluding hydrogens is 232 g/mol. The SMILES string of the molecule is C=CCCCN(C)C(=O)CC(C)(C)CNC(=O)O. The predicted octanol–water partition coefficient (Wildman–Crippen LogP) is 2.09. The van der Waals surface area contributed by atoms with E-state index in [1.165, 1.54) is 0 Å². The van der Waals surface area contributed by atoms with Gasteiger partial charge in [-0.3, -0.25) is 4.79 Å². The summed E-state index contributed by atoms with van der Waals surface area (Å²) < 4.78 is 0. The molecule has 2 amide bonds. The molecule has 0 aliphatic rings. The number of amides is 2. The van der Waals surface area contributed by atoms with Crippen LogP contribution in [-0.4, -0.2) is 42.1 Å². The van der Waals surface area contributed by atoms with Crippen molar-refractivity contribution in [2.75, 3.05) is 20.1 Å². The first-order valence-corrected chi connectivity index (χ1v) is 6.10. The van der Waals surface area contributed by atoms with E-state index in [9.17, 15) is 9.59 Å². The molecule has 0 heterocycles. The molecule has 0 saturated carbocycles. The maximum absolute atomic E-state index is 11.9. The lowest BCUT2D eigenvalue weighted by Gasteiger charge is -2.26. The van der Waals surface area contributed by atoms with Crippen molar-refractivity contribution in [2.24, 2.45) is 5.41 Å². The van der Waals surface area contributed by atoms with E-state index in [4.69, 9.17) is 5.11 Å². The molecule has 0 aromatic heterocycles. The lowest BCUT2D eigenvalue weighted by Crippen LogP contribution is -2.38. The Hall–Kier alpha value is -1.52. The van der Waals surface area contributed by atoms with Crippen molar-refractivity contribution in [2.45, 2.75) is 33.1 Å². The van der Waals surface area contributed by atoms with Crippen molar-refractivity contribution in [3.05, 3.63) is 12.7 Å². The van der Waals surface area contributed by atoms with Gasteiger partial charge in [0.2, 0.25) is 5.91 Å². The number of carbonyl (C=O) groups is 2. The van der Waals surface area contributed by atoms with Crippen LogP contribution in [0.2, 0.25) is 0 Å². The van der Waals surface area contributed by atoms with Crippen LogP contribution in [0.3, 0.4) is 0 Å². The molecule has 0 aliphatic carbocycles. The van der Waals surface area contributed by atoms with Gasteiger partial charge in [-0.1, -0.05) is 19.9 Å². The zero-order chi connectivity index (χ0) is 14.2. The van der Waals surface area contributed by atoms with E-state index in [0.29, 0.717) is 13.0 Å². The van der Waals surface area contributed by atoms with Crippen LogP contribution >= 0.6 is 0 Å². The smallest absolute Gasteiger partial charge is 0.404 e. The van der Waals surface area contributed by atoms with E-state index in [0.717, 1.165) is 12.8 Å². The van der Waals surface area contributed by atoms with Gasteiger partial charge in [-0.2, -0.15) is 0 Å². The zero-order valence-corrected chi connectivity index (χ0v) is 11.5. The Morgan fingerprint density at radius 2 is 2.06 bits per heavy atom. The first-order valence-electron chi connectivity index (χ1n) is 6.10. The monoisotopic (exact) mass is 256 g/mol. The number of hydrogen-bond donors (Lipinski definition) is 2. The highest BCUT2D eigenvalue weighted by atomic mass is 16.4. The molecule has 0 aromatic rings. The van der Waals surface area contributed by atoms with E-state index < -0.39 is 6.09 Å². The summed E-state index contributed by atoms with van der Waals surface area (Å²) in [6.07, 6.45) is 2.90. The Balaban J connectivity index is 4.10. The van der Waals surface area contributed by atoms with Crippen LogP contribution in [0.1, 0.15) is 33.1 Å². The minimum absolute atomic E-state index is 0.0382. The van der Waals surface area contributed by atoms with Crippen LogP contribution in [0.4, 0.5) is 4.79 Å². The standard InChI is InChI=1S/C13H24N2O3/c1-5-6-7-8-15(4)11(16)9-13(2,3)10-14-12(17)18/h5,14H,1,6-10H2,2-4H3,(H,17,18). The number of carbonyl (C=O) groups excluding carboxylic acids is 1. The molecule has 0 fully saturated rings. The van der Waals surface area contributed by atoms with Crippen LogP contribution in [0.5, 0.6) is 0 Å². The summed E-state index contributed by atoms with van der Waals surface area (Å²) in [6, 6.07) is 0. The molecule has 0 rings (SSSR count). The number of carboxylic acid groups (broad SMARTS) is 1. The second-order valence-electron chi connectivity index (χ2n) is 5.25. The van der Waals surface area contributed by atoms with Crippen molar-refractivity contribution < 1.29 is 14.7 Å². The second-order valence-corrected chi connectivity index (χ2v) is 5.25. The Kier molecular flexibility index (Phi) is 7.08. The lowest BCUT2D eigenvalue weighted by molar-refractivity contribution is -0.132. The van der Waals surface area contributed by atoms with E-state index in [2.05, 4.69) is 11.9 Å². The summed E-state index contributed by atoms with van der Waals surface area (Å²) in [4.78, 5) is 24.0. The fourth-order valence-corrected chi connectivity index (χ4v) is 1.52. The number of hydrogen-bond acceptors (Lipinski definition) is 2. The summed E-state index contributed by atoms with van der Waals surface area (Å²) in [5.74, 6) is 0.0382. The molecule has 0 saturated heterocycles. The molecule has 0 aliphatic heterocycles. The van der Waals surface area contributed by atoms with E-state index >= 15 is 0 Å². The maximum Gasteiger partial charge on any atom is 0.404 e. The first kappa shape index (κ1) is 16.5. The molecule has 5 nitrogen and oxygen atoms in total. The van der Waals surface area contributed by atoms with Gasteiger partial charge < -0.3 is 15.3 Å². The average Bonchev–Trinajstić information content (AvgIpc) is 2.26. The van der Waals surface area contributed by atoms with Gasteiger partial charge in [0, 0.05) is 26.6 Å². The minimum Gasteiger partial charge on any atom is -0.465 e. The van der Waals surface area contributed by atoms with Crippen molar-refractivity contribution in [3.63, 3.8) is 0 Å². The number of nitrogens with zero attached hydrogens (tertiary/aromatic N) is 1. The number of allylic oxidation sites excluding steroid dienone is 1. The van der Waals surface area contributed by atoms with Crippen LogP contribution in [0.25, 0.3) is 0 Å². The molecule has 0 atom stereocenters. The molecule has 0 bridgehead atoms. The summed E-state index contributed by atoms with van der Waals surface area (Å²) in [7, 11) is 1.77. The summed E-state index contributed by atoms with van der Waals surface area (Å²) in [5.41, 5.74) is -0.373. The summed E-state index contributed by atoms with van der Waals surface area (Å²) >= 11 is 0. The molecule has 104 valence electrons. The first-order chi connectivity index (χ1) is 8.28. The number of rotatable bonds is 8. The van der Waals surface area contributed by atoms with Crippen LogP contribution in [-0.2, 0) is 4.79 Å². The van der Waals surface area contributed by atoms with Gasteiger partial charge >= 0.3 is 6.09 Å². The predicted molar refractivity (Wildman–Crippen MR) is 71.5 cm³/mol. The molecule has 18 heavy (non-hydrogen) atoms. The minimum atomic E-state index is -1.06. The molecule has 5 heteroatoms. The zero-order valence-electron chi connectivity index (χ0n) is 11.5. The third-order valence-corrected chi connectivity index (χ3v) is 2.68. The highest BCUT2D eigenvalue weighted by Crippen LogP contribution is 2.20. The van der Waals surface area contributed by atoms with E-state index in [1.54, 1.807) is 11.9 Å². The quantitative estimate of drug-likeness (QED) is 0.516. The van der Waals surface area contributed by atoms with Crippen LogP contribution < -0.4 is 5.32 Å². The molecular formula is C13H24N2O3. The van der Waals surface area contributed by atoms with Crippen LogP contribution in [0.15, 0.2) is 12.7 Å². The Bertz CT molecular complexity index is 301.